The second-order valence-corrected chi connectivity index (χ2v) is 14.4. The van der Waals surface area contributed by atoms with Crippen molar-refractivity contribution in [3.8, 4) is 22.4 Å². The number of anilines is 1. The van der Waals surface area contributed by atoms with Crippen molar-refractivity contribution in [2.24, 2.45) is 5.92 Å². The third kappa shape index (κ3) is 8.29. The summed E-state index contributed by atoms with van der Waals surface area (Å²) in [5.41, 5.74) is 2.61. The summed E-state index contributed by atoms with van der Waals surface area (Å²) in [4.78, 5) is 43.3. The van der Waals surface area contributed by atoms with E-state index in [1.54, 1.807) is 20.2 Å². The number of rotatable bonds is 8. The number of carbonyl (C=O) groups is 3. The highest BCUT2D eigenvalue weighted by Gasteiger charge is 2.53. The first-order valence-electron chi connectivity index (χ1n) is 16.3. The van der Waals surface area contributed by atoms with Gasteiger partial charge < -0.3 is 30.5 Å². The van der Waals surface area contributed by atoms with Crippen LogP contribution in [0.3, 0.4) is 0 Å². The maximum absolute atomic E-state index is 13.1. The van der Waals surface area contributed by atoms with Crippen molar-refractivity contribution in [1.82, 2.24) is 15.2 Å². The fourth-order valence-corrected chi connectivity index (χ4v) is 7.03. The molecule has 0 saturated heterocycles. The Morgan fingerprint density at radius 3 is 2.19 bits per heavy atom. The van der Waals surface area contributed by atoms with Crippen LogP contribution >= 0.6 is 0 Å². The van der Waals surface area contributed by atoms with E-state index in [0.717, 1.165) is 53.6 Å². The van der Waals surface area contributed by atoms with Crippen molar-refractivity contribution in [3.63, 3.8) is 0 Å². The fourth-order valence-electron chi connectivity index (χ4n) is 7.03. The van der Waals surface area contributed by atoms with Gasteiger partial charge in [-0.05, 0) is 76.5 Å². The van der Waals surface area contributed by atoms with E-state index in [4.69, 9.17) is 9.72 Å². The van der Waals surface area contributed by atoms with Gasteiger partial charge in [-0.25, -0.2) is 9.59 Å². The second kappa shape index (κ2) is 13.4. The Bertz CT molecular complexity index is 1580. The number of aromatic nitrogens is 1. The highest BCUT2D eigenvalue weighted by atomic mass is 16.6. The summed E-state index contributed by atoms with van der Waals surface area (Å²) in [7, 11) is 1.61. The van der Waals surface area contributed by atoms with Gasteiger partial charge in [0, 0.05) is 43.5 Å². The number of ether oxygens (including phenoxy) is 1. The molecule has 0 unspecified atom stereocenters. The number of pyridine rings is 1. The van der Waals surface area contributed by atoms with Crippen LogP contribution in [0.25, 0.3) is 22.4 Å². The van der Waals surface area contributed by atoms with Crippen molar-refractivity contribution < 1.29 is 29.3 Å². The molecular formula is C37H46N4O6. The Morgan fingerprint density at radius 1 is 0.979 bits per heavy atom. The third-order valence-corrected chi connectivity index (χ3v) is 9.21. The summed E-state index contributed by atoms with van der Waals surface area (Å²) in [6.45, 7) is 7.21. The van der Waals surface area contributed by atoms with E-state index in [2.05, 4.69) is 10.6 Å². The number of nitrogens with zero attached hydrogens (tertiary/aromatic N) is 2. The molecular weight excluding hydrogens is 596 g/mol. The summed E-state index contributed by atoms with van der Waals surface area (Å²) < 4.78 is 5.53. The molecule has 250 valence electrons. The number of alkyl carbamates (subject to hydrolysis) is 1. The Kier molecular flexibility index (Phi) is 9.63. The van der Waals surface area contributed by atoms with E-state index in [-0.39, 0.29) is 17.9 Å². The number of amides is 3. The number of hydrogen-bond donors (Lipinski definition) is 4. The molecule has 0 radical (unpaired) electrons. The maximum Gasteiger partial charge on any atom is 0.408 e. The van der Waals surface area contributed by atoms with Crippen LogP contribution in [0.4, 0.5) is 15.3 Å². The molecule has 0 atom stereocenters. The molecule has 1 heterocycles. The lowest BCUT2D eigenvalue weighted by atomic mass is 9.62. The number of carboxylic acid groups (broad SMARTS) is 1. The molecule has 2 saturated carbocycles. The van der Waals surface area contributed by atoms with Gasteiger partial charge in [-0.3, -0.25) is 9.78 Å². The Hall–Kier alpha value is -4.44. The van der Waals surface area contributed by atoms with Gasteiger partial charge in [0.2, 0.25) is 5.91 Å². The molecule has 10 nitrogen and oxygen atoms in total. The van der Waals surface area contributed by atoms with Crippen molar-refractivity contribution >= 4 is 23.8 Å². The van der Waals surface area contributed by atoms with Gasteiger partial charge in [-0.15, -0.1) is 0 Å². The third-order valence-electron chi connectivity index (χ3n) is 9.21. The van der Waals surface area contributed by atoms with Crippen LogP contribution in [-0.2, 0) is 15.1 Å². The molecule has 2 aliphatic rings. The summed E-state index contributed by atoms with van der Waals surface area (Å²) in [6.07, 6.45) is 4.45. The minimum absolute atomic E-state index is 0.00132. The summed E-state index contributed by atoms with van der Waals surface area (Å²) >= 11 is 0. The van der Waals surface area contributed by atoms with Crippen molar-refractivity contribution in [2.45, 2.75) is 95.4 Å². The van der Waals surface area contributed by atoms with E-state index in [1.807, 2.05) is 81.4 Å². The average Bonchev–Trinajstić information content (AvgIpc) is 2.99. The van der Waals surface area contributed by atoms with E-state index < -0.39 is 28.9 Å². The molecule has 2 aliphatic carbocycles. The minimum atomic E-state index is -0.918. The quantitative estimate of drug-likeness (QED) is 0.204. The molecule has 0 bridgehead atoms. The molecule has 2 fully saturated rings. The fraction of sp³-hybridized carbons (Fsp3) is 0.459. The lowest BCUT2D eigenvalue weighted by Gasteiger charge is -2.52. The van der Waals surface area contributed by atoms with Crippen LogP contribution in [0, 0.1) is 5.92 Å². The molecule has 5 rings (SSSR count). The number of aliphatic hydroxyl groups is 1. The SMILES string of the molecule is CN(C(=O)O)[C@H]1CC[C@H](CC(=O)Nc2cnc(-c3ccc([C@]4(NC(=O)OC(C)(C)C)C[C@](C)(O)C4)cc3)c(-c3ccccc3)c2)CC1. The van der Waals surface area contributed by atoms with Crippen LogP contribution in [0.2, 0.25) is 0 Å². The Balaban J connectivity index is 1.33. The molecule has 0 spiro atoms. The average molecular weight is 643 g/mol. The van der Waals surface area contributed by atoms with Crippen LogP contribution in [0.1, 0.15) is 78.2 Å². The molecule has 4 N–H and O–H groups in total. The lowest BCUT2D eigenvalue weighted by molar-refractivity contribution is -0.117. The molecule has 10 heteroatoms. The topological polar surface area (TPSA) is 141 Å². The van der Waals surface area contributed by atoms with Gasteiger partial charge in [0.15, 0.2) is 0 Å². The smallest absolute Gasteiger partial charge is 0.408 e. The standard InChI is InChI=1S/C37H46N4O6/c1-35(2,3)47-33(43)40-37(22-36(4,46)23-37)27-15-13-26(14-16-27)32-30(25-9-7-6-8-10-25)20-28(21-38-32)39-31(42)19-24-11-17-29(18-12-24)41(5)34(44)45/h6-10,13-16,20-21,24,29,46H,11-12,17-19,22-23H2,1-5H3,(H,39,42)(H,40,43)(H,44,45)/t24-,29-,36-,37-. The first-order chi connectivity index (χ1) is 22.1. The van der Waals surface area contributed by atoms with Gasteiger partial charge in [0.25, 0.3) is 0 Å². The molecule has 1 aromatic heterocycles. The van der Waals surface area contributed by atoms with Crippen LogP contribution in [0.5, 0.6) is 0 Å². The zero-order valence-electron chi connectivity index (χ0n) is 27.9. The maximum atomic E-state index is 13.1. The molecule has 3 aromatic rings. The Morgan fingerprint density at radius 2 is 1.62 bits per heavy atom. The van der Waals surface area contributed by atoms with Crippen molar-refractivity contribution in [3.05, 3.63) is 72.4 Å². The van der Waals surface area contributed by atoms with Gasteiger partial charge in [0.05, 0.1) is 28.7 Å². The summed E-state index contributed by atoms with van der Waals surface area (Å²) in [6, 6.07) is 19.7. The highest BCUT2D eigenvalue weighted by Crippen LogP contribution is 2.49. The lowest BCUT2D eigenvalue weighted by Crippen LogP contribution is -2.62. The van der Waals surface area contributed by atoms with E-state index >= 15 is 0 Å². The second-order valence-electron chi connectivity index (χ2n) is 14.4. The van der Waals surface area contributed by atoms with Crippen molar-refractivity contribution in [2.75, 3.05) is 12.4 Å². The van der Waals surface area contributed by atoms with Gasteiger partial charge >= 0.3 is 12.2 Å². The number of nitrogens with one attached hydrogen (secondary N) is 2. The normalized spacial score (nSPS) is 24.0. The van der Waals surface area contributed by atoms with E-state index in [1.165, 1.54) is 4.90 Å². The summed E-state index contributed by atoms with van der Waals surface area (Å²) in [5, 5.41) is 25.9. The molecule has 0 aliphatic heterocycles. The molecule has 47 heavy (non-hydrogen) atoms. The van der Waals surface area contributed by atoms with Crippen molar-refractivity contribution in [1.29, 1.82) is 0 Å². The highest BCUT2D eigenvalue weighted by molar-refractivity contribution is 5.93. The number of carbonyl (C=O) groups excluding carboxylic acids is 2. The van der Waals surface area contributed by atoms with Crippen LogP contribution < -0.4 is 10.6 Å². The monoisotopic (exact) mass is 642 g/mol. The predicted octanol–water partition coefficient (Wildman–Crippen LogP) is 7.18. The first-order valence-corrected chi connectivity index (χ1v) is 16.3. The zero-order valence-corrected chi connectivity index (χ0v) is 27.9. The van der Waals surface area contributed by atoms with Gasteiger partial charge in [0.1, 0.15) is 5.60 Å². The first kappa shape index (κ1) is 33.9. The van der Waals surface area contributed by atoms with E-state index in [0.29, 0.717) is 24.9 Å². The summed E-state index contributed by atoms with van der Waals surface area (Å²) in [5.74, 6) is 0.123. The Labute approximate surface area is 276 Å². The van der Waals surface area contributed by atoms with Crippen LogP contribution in [-0.4, -0.2) is 62.5 Å². The zero-order chi connectivity index (χ0) is 34.0. The van der Waals surface area contributed by atoms with Crippen LogP contribution in [0.15, 0.2) is 66.9 Å². The number of benzene rings is 2. The van der Waals surface area contributed by atoms with Gasteiger partial charge in [-0.1, -0.05) is 54.6 Å². The van der Waals surface area contributed by atoms with E-state index in [9.17, 15) is 24.6 Å². The number of hydrogen-bond acceptors (Lipinski definition) is 6. The predicted molar refractivity (Wildman–Crippen MR) is 181 cm³/mol. The molecule has 3 amide bonds. The minimum Gasteiger partial charge on any atom is -0.465 e. The molecule has 2 aromatic carbocycles. The largest absolute Gasteiger partial charge is 0.465 e. The van der Waals surface area contributed by atoms with Gasteiger partial charge in [-0.2, -0.15) is 0 Å².